The van der Waals surface area contributed by atoms with E-state index in [2.05, 4.69) is 7.05 Å². The first-order valence-electron chi connectivity index (χ1n) is 9.57. The number of benzene rings is 1. The number of carbonyl (C=O) groups excluding carboxylic acids is 1. The first-order valence-corrected chi connectivity index (χ1v) is 9.57. The van der Waals surface area contributed by atoms with Crippen molar-refractivity contribution in [3.63, 3.8) is 0 Å². The molecule has 25 heavy (non-hydrogen) atoms. The lowest BCUT2D eigenvalue weighted by molar-refractivity contribution is -0.947. The van der Waals surface area contributed by atoms with Gasteiger partial charge in [0.1, 0.15) is 0 Å². The zero-order chi connectivity index (χ0) is 17.3. The maximum absolute atomic E-state index is 12.3. The van der Waals surface area contributed by atoms with Crippen LogP contribution in [0.2, 0.25) is 0 Å². The molecule has 5 nitrogen and oxygen atoms in total. The minimum atomic E-state index is -0.269. The summed E-state index contributed by atoms with van der Waals surface area (Å²) in [5.41, 5.74) is 0.534. The van der Waals surface area contributed by atoms with Crippen LogP contribution < -0.4 is 9.47 Å². The third kappa shape index (κ3) is 3.34. The van der Waals surface area contributed by atoms with Gasteiger partial charge in [-0.3, -0.25) is 0 Å². The molecule has 0 radical (unpaired) electrons. The minimum absolute atomic E-state index is 0.216. The van der Waals surface area contributed by atoms with Gasteiger partial charge >= 0.3 is 5.97 Å². The van der Waals surface area contributed by atoms with Crippen LogP contribution in [0.4, 0.5) is 0 Å². The van der Waals surface area contributed by atoms with Crippen molar-refractivity contribution in [3.8, 4) is 11.5 Å². The highest BCUT2D eigenvalue weighted by molar-refractivity contribution is 5.90. The topological polar surface area (TPSA) is 44.8 Å². The predicted octanol–water partition coefficient (Wildman–Crippen LogP) is 3.37. The van der Waals surface area contributed by atoms with Crippen molar-refractivity contribution in [2.45, 2.75) is 44.6 Å². The van der Waals surface area contributed by atoms with Crippen molar-refractivity contribution < 1.29 is 23.5 Å². The van der Waals surface area contributed by atoms with Gasteiger partial charge < -0.3 is 18.7 Å². The summed E-state index contributed by atoms with van der Waals surface area (Å²) in [6.45, 7) is 3.36. The lowest BCUT2D eigenvalue weighted by atomic mass is 9.80. The van der Waals surface area contributed by atoms with Crippen molar-refractivity contribution >= 4 is 5.97 Å². The average molecular weight is 346 g/mol. The Bertz CT molecular complexity index is 643. The second kappa shape index (κ2) is 6.87. The molecule has 1 aromatic rings. The number of fused-ring (bicyclic) bond motifs is 2. The molecule has 0 amide bonds. The molecule has 1 aromatic carbocycles. The molecule has 3 atom stereocenters. The number of hydrogen-bond donors (Lipinski definition) is 0. The Labute approximate surface area is 149 Å². The fraction of sp³-hybridized carbons (Fsp3) is 0.650. The van der Waals surface area contributed by atoms with Crippen LogP contribution in [-0.2, 0) is 4.74 Å². The number of nitrogens with zero attached hydrogens (tertiary/aromatic N) is 1. The number of esters is 1. The van der Waals surface area contributed by atoms with Crippen molar-refractivity contribution in [3.05, 3.63) is 23.8 Å². The Morgan fingerprint density at radius 1 is 1.16 bits per heavy atom. The Kier molecular flexibility index (Phi) is 4.59. The third-order valence-corrected chi connectivity index (χ3v) is 6.34. The van der Waals surface area contributed by atoms with Gasteiger partial charge in [0.25, 0.3) is 0 Å². The van der Waals surface area contributed by atoms with Gasteiger partial charge in [-0.25, -0.2) is 4.79 Å². The van der Waals surface area contributed by atoms with E-state index in [1.807, 2.05) is 0 Å². The highest BCUT2D eigenvalue weighted by Gasteiger charge is 2.43. The molecule has 2 fully saturated rings. The fourth-order valence-electron chi connectivity index (χ4n) is 4.98. The van der Waals surface area contributed by atoms with Crippen molar-refractivity contribution in [1.29, 1.82) is 0 Å². The van der Waals surface area contributed by atoms with Gasteiger partial charge in [0.05, 0.1) is 38.3 Å². The molecule has 3 heterocycles. The van der Waals surface area contributed by atoms with Crippen LogP contribution in [-0.4, -0.2) is 50.0 Å². The van der Waals surface area contributed by atoms with E-state index >= 15 is 0 Å². The second-order valence-corrected chi connectivity index (χ2v) is 7.88. The quantitative estimate of drug-likeness (QED) is 0.619. The van der Waals surface area contributed by atoms with Crippen molar-refractivity contribution in [1.82, 2.24) is 0 Å². The molecule has 0 saturated carbocycles. The summed E-state index contributed by atoms with van der Waals surface area (Å²) in [5.74, 6) is 1.73. The van der Waals surface area contributed by atoms with Gasteiger partial charge in [0.15, 0.2) is 11.5 Å². The molecule has 0 spiro atoms. The SMILES string of the molecule is C[N@+]12CCCC[C@H]1[C@H](CCOC(=O)c1ccc3c(c1)OCO3)CCC2. The number of piperidine rings is 2. The standard InChI is InChI=1S/C20H28NO4/c1-21-10-3-2-6-17(21)15(5-4-11-21)9-12-23-20(22)16-7-8-18-19(13-16)25-14-24-18/h7-8,13,15,17H,2-6,9-12,14H2,1H3/q+1/t15-,17-,21+/m0/s1. The van der Waals surface area contributed by atoms with Gasteiger partial charge in [-0.15, -0.1) is 0 Å². The Morgan fingerprint density at radius 2 is 2.00 bits per heavy atom. The predicted molar refractivity (Wildman–Crippen MR) is 93.7 cm³/mol. The average Bonchev–Trinajstić information content (AvgIpc) is 3.09. The first-order chi connectivity index (χ1) is 12.2. The second-order valence-electron chi connectivity index (χ2n) is 7.88. The van der Waals surface area contributed by atoms with Crippen LogP contribution in [0, 0.1) is 5.92 Å². The zero-order valence-electron chi connectivity index (χ0n) is 15.0. The zero-order valence-corrected chi connectivity index (χ0v) is 15.0. The van der Waals surface area contributed by atoms with Gasteiger partial charge in [-0.2, -0.15) is 0 Å². The van der Waals surface area contributed by atoms with E-state index in [0.29, 0.717) is 29.6 Å². The normalized spacial score (nSPS) is 30.6. The Balaban J connectivity index is 1.32. The van der Waals surface area contributed by atoms with Gasteiger partial charge in [-0.05, 0) is 56.7 Å². The number of rotatable bonds is 4. The molecule has 0 unspecified atom stereocenters. The Morgan fingerprint density at radius 3 is 2.92 bits per heavy atom. The summed E-state index contributed by atoms with van der Waals surface area (Å²) in [5, 5.41) is 0. The molecule has 2 saturated heterocycles. The molecule has 0 bridgehead atoms. The molecule has 4 rings (SSSR count). The molecular formula is C20H28NO4+. The maximum atomic E-state index is 12.3. The number of ether oxygens (including phenoxy) is 3. The van der Waals surface area contributed by atoms with E-state index in [1.165, 1.54) is 49.7 Å². The molecule has 5 heteroatoms. The fourth-order valence-corrected chi connectivity index (χ4v) is 4.98. The summed E-state index contributed by atoms with van der Waals surface area (Å²) in [6, 6.07) is 5.98. The summed E-state index contributed by atoms with van der Waals surface area (Å²) < 4.78 is 17.4. The molecule has 0 aromatic heterocycles. The summed E-state index contributed by atoms with van der Waals surface area (Å²) in [7, 11) is 2.43. The minimum Gasteiger partial charge on any atom is -0.462 e. The van der Waals surface area contributed by atoms with Crippen LogP contribution in [0.15, 0.2) is 18.2 Å². The van der Waals surface area contributed by atoms with E-state index < -0.39 is 0 Å². The van der Waals surface area contributed by atoms with Crippen LogP contribution in [0.25, 0.3) is 0 Å². The van der Waals surface area contributed by atoms with E-state index in [0.717, 1.165) is 12.5 Å². The highest BCUT2D eigenvalue weighted by atomic mass is 16.7. The summed E-state index contributed by atoms with van der Waals surface area (Å²) >= 11 is 0. The largest absolute Gasteiger partial charge is 0.462 e. The van der Waals surface area contributed by atoms with Crippen molar-refractivity contribution in [2.75, 3.05) is 33.5 Å². The van der Waals surface area contributed by atoms with Crippen molar-refractivity contribution in [2.24, 2.45) is 5.92 Å². The van der Waals surface area contributed by atoms with Gasteiger partial charge in [0, 0.05) is 5.92 Å². The van der Waals surface area contributed by atoms with Gasteiger partial charge in [0.2, 0.25) is 6.79 Å². The van der Waals surface area contributed by atoms with Crippen LogP contribution in [0.5, 0.6) is 11.5 Å². The lowest BCUT2D eigenvalue weighted by Gasteiger charge is -2.51. The molecular weight excluding hydrogens is 318 g/mol. The van der Waals surface area contributed by atoms with Crippen LogP contribution in [0.1, 0.15) is 48.9 Å². The van der Waals surface area contributed by atoms with E-state index in [9.17, 15) is 4.79 Å². The van der Waals surface area contributed by atoms with E-state index in [4.69, 9.17) is 14.2 Å². The first kappa shape index (κ1) is 16.7. The Hall–Kier alpha value is -1.75. The summed E-state index contributed by atoms with van der Waals surface area (Å²) in [4.78, 5) is 12.3. The lowest BCUT2D eigenvalue weighted by Crippen LogP contribution is -2.60. The number of carbonyl (C=O) groups is 1. The molecule has 3 aliphatic heterocycles. The molecule has 0 N–H and O–H groups in total. The van der Waals surface area contributed by atoms with Crippen LogP contribution in [0.3, 0.4) is 0 Å². The van der Waals surface area contributed by atoms with Gasteiger partial charge in [-0.1, -0.05) is 0 Å². The maximum Gasteiger partial charge on any atom is 0.338 e. The van der Waals surface area contributed by atoms with E-state index in [-0.39, 0.29) is 12.8 Å². The highest BCUT2D eigenvalue weighted by Crippen LogP contribution is 2.37. The molecule has 0 aliphatic carbocycles. The molecule has 136 valence electrons. The monoisotopic (exact) mass is 346 g/mol. The number of quaternary nitrogens is 1. The van der Waals surface area contributed by atoms with Crippen LogP contribution >= 0.6 is 0 Å². The smallest absolute Gasteiger partial charge is 0.338 e. The van der Waals surface area contributed by atoms with E-state index in [1.54, 1.807) is 18.2 Å². The third-order valence-electron chi connectivity index (χ3n) is 6.34. The summed E-state index contributed by atoms with van der Waals surface area (Å²) in [6.07, 6.45) is 7.60. The molecule has 3 aliphatic rings. The number of hydrogen-bond acceptors (Lipinski definition) is 4.